The maximum absolute atomic E-state index is 12.2. The van der Waals surface area contributed by atoms with E-state index in [2.05, 4.69) is 15.9 Å². The minimum Gasteiger partial charge on any atom is -0.455 e. The number of esters is 1. The third kappa shape index (κ3) is 2.29. The van der Waals surface area contributed by atoms with Gasteiger partial charge in [-0.3, -0.25) is 0 Å². The number of aromatic nitrogens is 1. The number of aryl methyl sites for hydroxylation is 1. The van der Waals surface area contributed by atoms with E-state index in [1.165, 1.54) is 0 Å². The molecule has 0 N–H and O–H groups in total. The maximum atomic E-state index is 12.2. The number of carbonyl (C=O) groups is 1. The second kappa shape index (κ2) is 4.43. The Bertz CT molecular complexity index is 569. The molecule has 2 aromatic rings. The van der Waals surface area contributed by atoms with E-state index in [4.69, 9.17) is 4.74 Å². The number of ether oxygens (including phenoxy) is 1. The molecule has 4 heteroatoms. The zero-order chi connectivity index (χ0) is 13.5. The molecule has 1 aromatic heterocycles. The lowest BCUT2D eigenvalue weighted by molar-refractivity contribution is 0.00584. The molecule has 3 nitrogen and oxygen atoms in total. The average Bonchev–Trinajstić information content (AvgIpc) is 2.50. The molecular formula is C14H16BrNO2. The van der Waals surface area contributed by atoms with Gasteiger partial charge in [0, 0.05) is 18.0 Å². The predicted molar refractivity (Wildman–Crippen MR) is 75.8 cm³/mol. The van der Waals surface area contributed by atoms with Gasteiger partial charge in [0.1, 0.15) is 11.3 Å². The van der Waals surface area contributed by atoms with Crippen LogP contribution < -0.4 is 0 Å². The van der Waals surface area contributed by atoms with Gasteiger partial charge >= 0.3 is 5.97 Å². The third-order valence-corrected chi connectivity index (χ3v) is 3.44. The molecule has 96 valence electrons. The SMILES string of the molecule is Cn1c(C(=O)OC(C)(C)C)c(Br)c2ccccc21. The number of rotatable bonds is 1. The van der Waals surface area contributed by atoms with Gasteiger partial charge in [0.05, 0.1) is 4.47 Å². The van der Waals surface area contributed by atoms with Gasteiger partial charge in [-0.05, 0) is 42.8 Å². The van der Waals surface area contributed by atoms with Gasteiger partial charge in [0.15, 0.2) is 0 Å². The number of carbonyl (C=O) groups excluding carboxylic acids is 1. The van der Waals surface area contributed by atoms with Crippen molar-refractivity contribution in [1.82, 2.24) is 4.57 Å². The first kappa shape index (κ1) is 13.1. The zero-order valence-corrected chi connectivity index (χ0v) is 12.5. The van der Waals surface area contributed by atoms with Gasteiger partial charge in [-0.25, -0.2) is 4.79 Å². The second-order valence-electron chi connectivity index (χ2n) is 5.24. The van der Waals surface area contributed by atoms with E-state index in [1.807, 2.05) is 56.7 Å². The number of fused-ring (bicyclic) bond motifs is 1. The average molecular weight is 310 g/mol. The van der Waals surface area contributed by atoms with Gasteiger partial charge in [0.2, 0.25) is 0 Å². The third-order valence-electron chi connectivity index (χ3n) is 2.64. The van der Waals surface area contributed by atoms with Gasteiger partial charge in [-0.1, -0.05) is 18.2 Å². The highest BCUT2D eigenvalue weighted by Crippen LogP contribution is 2.31. The topological polar surface area (TPSA) is 31.2 Å². The summed E-state index contributed by atoms with van der Waals surface area (Å²) in [6.07, 6.45) is 0. The fraction of sp³-hybridized carbons (Fsp3) is 0.357. The monoisotopic (exact) mass is 309 g/mol. The molecule has 1 aromatic carbocycles. The summed E-state index contributed by atoms with van der Waals surface area (Å²) < 4.78 is 8.07. The molecule has 0 spiro atoms. The lowest BCUT2D eigenvalue weighted by Gasteiger charge is -2.19. The molecule has 0 saturated heterocycles. The van der Waals surface area contributed by atoms with Crippen LogP contribution in [0.1, 0.15) is 31.3 Å². The molecule has 0 aliphatic rings. The van der Waals surface area contributed by atoms with Crippen molar-refractivity contribution in [3.8, 4) is 0 Å². The Kier molecular flexibility index (Phi) is 3.23. The molecule has 2 rings (SSSR count). The van der Waals surface area contributed by atoms with Crippen LogP contribution in [-0.4, -0.2) is 16.1 Å². The molecular weight excluding hydrogens is 294 g/mol. The summed E-state index contributed by atoms with van der Waals surface area (Å²) >= 11 is 3.49. The highest BCUT2D eigenvalue weighted by atomic mass is 79.9. The zero-order valence-electron chi connectivity index (χ0n) is 11.0. The summed E-state index contributed by atoms with van der Waals surface area (Å²) in [6, 6.07) is 7.86. The Morgan fingerprint density at radius 2 is 1.89 bits per heavy atom. The minimum absolute atomic E-state index is 0.312. The van der Waals surface area contributed by atoms with E-state index >= 15 is 0 Å². The maximum Gasteiger partial charge on any atom is 0.356 e. The van der Waals surface area contributed by atoms with Crippen LogP contribution in [0.25, 0.3) is 10.9 Å². The number of para-hydroxylation sites is 1. The quantitative estimate of drug-likeness (QED) is 0.748. The molecule has 0 aliphatic heterocycles. The van der Waals surface area contributed by atoms with E-state index < -0.39 is 5.60 Å². The highest BCUT2D eigenvalue weighted by Gasteiger charge is 2.24. The van der Waals surface area contributed by atoms with Crippen LogP contribution in [0.3, 0.4) is 0 Å². The molecule has 0 bridgehead atoms. The van der Waals surface area contributed by atoms with Gasteiger partial charge < -0.3 is 9.30 Å². The van der Waals surface area contributed by atoms with E-state index in [9.17, 15) is 4.79 Å². The van der Waals surface area contributed by atoms with Gasteiger partial charge in [0.25, 0.3) is 0 Å². The Hall–Kier alpha value is -1.29. The number of hydrogen-bond donors (Lipinski definition) is 0. The van der Waals surface area contributed by atoms with E-state index in [0.29, 0.717) is 5.69 Å². The van der Waals surface area contributed by atoms with Crippen molar-refractivity contribution >= 4 is 32.8 Å². The van der Waals surface area contributed by atoms with Gasteiger partial charge in [-0.15, -0.1) is 0 Å². The van der Waals surface area contributed by atoms with Crippen LogP contribution in [0.2, 0.25) is 0 Å². The summed E-state index contributed by atoms with van der Waals surface area (Å²) in [6.45, 7) is 5.59. The molecule has 18 heavy (non-hydrogen) atoms. The standard InChI is InChI=1S/C14H16BrNO2/c1-14(2,3)18-13(17)12-11(15)9-7-5-6-8-10(9)16(12)4/h5-8H,1-4H3. The Morgan fingerprint density at radius 3 is 2.44 bits per heavy atom. The summed E-state index contributed by atoms with van der Waals surface area (Å²) in [4.78, 5) is 12.2. The second-order valence-corrected chi connectivity index (χ2v) is 6.03. The van der Waals surface area contributed by atoms with Crippen molar-refractivity contribution in [3.05, 3.63) is 34.4 Å². The van der Waals surface area contributed by atoms with Crippen LogP contribution in [0, 0.1) is 0 Å². The van der Waals surface area contributed by atoms with Crippen LogP contribution in [-0.2, 0) is 11.8 Å². The fourth-order valence-electron chi connectivity index (χ4n) is 1.90. The lowest BCUT2D eigenvalue weighted by Crippen LogP contribution is -2.25. The van der Waals surface area contributed by atoms with Crippen molar-refractivity contribution in [2.24, 2.45) is 7.05 Å². The van der Waals surface area contributed by atoms with Crippen molar-refractivity contribution in [1.29, 1.82) is 0 Å². The van der Waals surface area contributed by atoms with Gasteiger partial charge in [-0.2, -0.15) is 0 Å². The molecule has 0 fully saturated rings. The Labute approximate surface area is 115 Å². The van der Waals surface area contributed by atoms with Crippen molar-refractivity contribution < 1.29 is 9.53 Å². The van der Waals surface area contributed by atoms with Crippen LogP contribution in [0.5, 0.6) is 0 Å². The lowest BCUT2D eigenvalue weighted by atomic mass is 10.2. The van der Waals surface area contributed by atoms with E-state index in [0.717, 1.165) is 15.4 Å². The molecule has 0 radical (unpaired) electrons. The molecule has 0 unspecified atom stereocenters. The molecule has 1 heterocycles. The first-order valence-corrected chi connectivity index (χ1v) is 6.57. The van der Waals surface area contributed by atoms with E-state index in [1.54, 1.807) is 0 Å². The van der Waals surface area contributed by atoms with Crippen molar-refractivity contribution in [3.63, 3.8) is 0 Å². The normalized spacial score (nSPS) is 11.8. The number of benzene rings is 1. The fourth-order valence-corrected chi connectivity index (χ4v) is 2.66. The van der Waals surface area contributed by atoms with Crippen LogP contribution in [0.15, 0.2) is 28.7 Å². The number of hydrogen-bond acceptors (Lipinski definition) is 2. The first-order chi connectivity index (χ1) is 8.31. The first-order valence-electron chi connectivity index (χ1n) is 5.77. The summed E-state index contributed by atoms with van der Waals surface area (Å²) in [5, 5.41) is 1.01. The Morgan fingerprint density at radius 1 is 1.28 bits per heavy atom. The molecule has 0 aliphatic carbocycles. The van der Waals surface area contributed by atoms with Crippen LogP contribution in [0.4, 0.5) is 0 Å². The number of halogens is 1. The summed E-state index contributed by atoms with van der Waals surface area (Å²) in [7, 11) is 1.87. The summed E-state index contributed by atoms with van der Waals surface area (Å²) in [5.74, 6) is -0.312. The van der Waals surface area contributed by atoms with E-state index in [-0.39, 0.29) is 5.97 Å². The predicted octanol–water partition coefficient (Wildman–Crippen LogP) is 3.90. The summed E-state index contributed by atoms with van der Waals surface area (Å²) in [5.41, 5.74) is 1.06. The highest BCUT2D eigenvalue weighted by molar-refractivity contribution is 9.10. The largest absolute Gasteiger partial charge is 0.455 e. The van der Waals surface area contributed by atoms with Crippen molar-refractivity contribution in [2.45, 2.75) is 26.4 Å². The van der Waals surface area contributed by atoms with Crippen LogP contribution >= 0.6 is 15.9 Å². The molecule has 0 amide bonds. The smallest absolute Gasteiger partial charge is 0.356 e. The molecule has 0 atom stereocenters. The van der Waals surface area contributed by atoms with Crippen molar-refractivity contribution in [2.75, 3.05) is 0 Å². The number of nitrogens with zero attached hydrogens (tertiary/aromatic N) is 1. The molecule has 0 saturated carbocycles. The Balaban J connectivity index is 2.55. The minimum atomic E-state index is -0.493.